The molecular weight excluding hydrogens is 714 g/mol. The van der Waals surface area contributed by atoms with Gasteiger partial charge in [0, 0.05) is 9.81 Å². The Balaban J connectivity index is 1.19. The summed E-state index contributed by atoms with van der Waals surface area (Å²) in [6.07, 6.45) is -5.91. The quantitative estimate of drug-likeness (QED) is 0.0572. The summed E-state index contributed by atoms with van der Waals surface area (Å²) in [5.41, 5.74) is 9.01. The predicted octanol–water partition coefficient (Wildman–Crippen LogP) is -2.23. The highest BCUT2D eigenvalue weighted by Gasteiger charge is 2.46. The third kappa shape index (κ3) is 7.57. The van der Waals surface area contributed by atoms with Gasteiger partial charge in [0.25, 0.3) is 11.1 Å². The highest BCUT2D eigenvalue weighted by Crippen LogP contribution is 2.60. The number of aromatic nitrogens is 8. The van der Waals surface area contributed by atoms with E-state index in [4.69, 9.17) is 16.2 Å². The van der Waals surface area contributed by atoms with Crippen molar-refractivity contribution in [2.45, 2.75) is 30.6 Å². The number of nitrogens with zero attached hydrogens (tertiary/aromatic N) is 6. The van der Waals surface area contributed by atoms with Crippen LogP contribution in [0.2, 0.25) is 0 Å². The fourth-order valence-corrected chi connectivity index (χ4v) is 6.68. The number of fused-ring (bicyclic) bond motifs is 2. The minimum absolute atomic E-state index is 0.0578. The summed E-state index contributed by atoms with van der Waals surface area (Å²) in [4.78, 5) is 67.8. The Morgan fingerprint density at radius 3 is 2.34 bits per heavy atom. The number of nitrogen functional groups attached to an aromatic ring is 2. The number of phosphoric ester groups is 2. The van der Waals surface area contributed by atoms with Gasteiger partial charge in [0.2, 0.25) is 11.9 Å². The molecule has 47 heavy (non-hydrogen) atoms. The van der Waals surface area contributed by atoms with Gasteiger partial charge in [0.15, 0.2) is 28.6 Å². The maximum atomic E-state index is 12.4. The van der Waals surface area contributed by atoms with Crippen molar-refractivity contribution < 1.29 is 52.3 Å². The maximum Gasteiger partial charge on any atom is 0.481 e. The van der Waals surface area contributed by atoms with Crippen molar-refractivity contribution in [1.82, 2.24) is 39.5 Å². The lowest BCUT2D eigenvalue weighted by molar-refractivity contribution is -0.0504. The number of rotatable bonds is 11. The van der Waals surface area contributed by atoms with Crippen LogP contribution in [0.1, 0.15) is 11.9 Å². The minimum Gasteiger partial charge on any atom is -0.387 e. The normalized spacial score (nSPS) is 23.8. The Hall–Kier alpha value is -3.29. The van der Waals surface area contributed by atoms with E-state index < -0.39 is 70.6 Å². The number of hydrogen-bond donors (Lipinski definition) is 11. The van der Waals surface area contributed by atoms with Crippen molar-refractivity contribution in [3.8, 4) is 0 Å². The number of ether oxygens (including phenoxy) is 1. The van der Waals surface area contributed by atoms with Crippen LogP contribution in [-0.4, -0.2) is 102 Å². The molecule has 0 spiro atoms. The number of phosphoric acid groups is 2. The molecule has 5 heterocycles. The molecule has 27 heteroatoms. The molecule has 0 radical (unpaired) electrons. The van der Waals surface area contributed by atoms with Gasteiger partial charge < -0.3 is 41.3 Å². The summed E-state index contributed by atoms with van der Waals surface area (Å²) in [6, 6.07) is 0. The van der Waals surface area contributed by atoms with E-state index in [9.17, 15) is 43.8 Å². The number of aliphatic hydroxyl groups excluding tert-OH is 3. The standard InChI is InChI=1S/C20H24N10O13P2S2/c21-19-26-14-8(16(34)28-19)25-5(1-23-14)12(46)13(47)6(31)2-40-44(36,37)43-45(38,39)41-3-7-10(32)11(33)18(42-7)30-4-24-9-15(30)27-20(22)29-17(9)35/h1,4,6-7,10-11,18,31-33,46-47H,2-3H2,(H,36,37)(H,38,39)(H3,22,27,29,35)(H3,21,23,26,28,34)/b13-12-/t6-,7-,10-,11+,18+/m0/s1. The molecule has 23 nitrogen and oxygen atoms in total. The zero-order chi connectivity index (χ0) is 34.4. The fraction of sp³-hybridized carbons (Fsp3) is 0.350. The first-order chi connectivity index (χ1) is 22.0. The molecule has 1 aliphatic rings. The number of thiol groups is 2. The zero-order valence-corrected chi connectivity index (χ0v) is 26.7. The summed E-state index contributed by atoms with van der Waals surface area (Å²) in [6.45, 7) is -1.99. The van der Waals surface area contributed by atoms with Gasteiger partial charge >= 0.3 is 15.6 Å². The van der Waals surface area contributed by atoms with Crippen LogP contribution in [0.4, 0.5) is 11.9 Å². The monoisotopic (exact) mass is 738 g/mol. The first kappa shape index (κ1) is 35.0. The number of aromatic amines is 2. The topological polar surface area (TPSA) is 359 Å². The Labute approximate surface area is 270 Å². The zero-order valence-electron chi connectivity index (χ0n) is 23.1. The van der Waals surface area contributed by atoms with Crippen molar-refractivity contribution >= 4 is 80.0 Å². The van der Waals surface area contributed by atoms with Crippen LogP contribution >= 0.6 is 40.9 Å². The number of nitrogens with one attached hydrogen (secondary N) is 2. The van der Waals surface area contributed by atoms with Gasteiger partial charge in [-0.25, -0.2) is 24.1 Å². The molecule has 1 fully saturated rings. The molecule has 4 aromatic heterocycles. The molecule has 0 bridgehead atoms. The summed E-state index contributed by atoms with van der Waals surface area (Å²) >= 11 is 8.28. The second-order valence-electron chi connectivity index (χ2n) is 9.56. The molecule has 0 aromatic carbocycles. The molecule has 7 atom stereocenters. The van der Waals surface area contributed by atoms with Crippen LogP contribution in [-0.2, 0) is 27.2 Å². The first-order valence-electron chi connectivity index (χ1n) is 12.7. The molecule has 1 aliphatic heterocycles. The lowest BCUT2D eigenvalue weighted by Gasteiger charge is -2.20. The lowest BCUT2D eigenvalue weighted by atomic mass is 10.1. The predicted molar refractivity (Wildman–Crippen MR) is 164 cm³/mol. The smallest absolute Gasteiger partial charge is 0.387 e. The molecule has 0 aliphatic carbocycles. The number of aliphatic hydroxyl groups is 3. The molecule has 1 saturated heterocycles. The van der Waals surface area contributed by atoms with E-state index in [-0.39, 0.29) is 49.7 Å². The number of imidazole rings is 1. The van der Waals surface area contributed by atoms with Gasteiger partial charge in [-0.2, -0.15) is 14.3 Å². The lowest BCUT2D eigenvalue weighted by Crippen LogP contribution is -2.33. The third-order valence-electron chi connectivity index (χ3n) is 6.30. The summed E-state index contributed by atoms with van der Waals surface area (Å²) in [5, 5.41) is 31.3. The second kappa shape index (κ2) is 13.3. The Morgan fingerprint density at radius 1 is 1.00 bits per heavy atom. The largest absolute Gasteiger partial charge is 0.481 e. The van der Waals surface area contributed by atoms with E-state index in [1.165, 1.54) is 0 Å². The number of anilines is 2. The Morgan fingerprint density at radius 2 is 1.64 bits per heavy atom. The Bertz CT molecular complexity index is 2090. The number of H-pyrrole nitrogens is 2. The summed E-state index contributed by atoms with van der Waals surface area (Å²) < 4.78 is 44.9. The SMILES string of the molecule is Nc1nc2ncc(/C(S)=C(/S)[C@@H](O)COP(=O)(O)OP(=O)(O)OC[C@@H]3O[C@@H](n4cnc5c(=O)[nH]c(N)nc54)[C@H](O)[C@H]3O)nc2c(=O)[nH]1. The van der Waals surface area contributed by atoms with Crippen LogP contribution in [0.15, 0.2) is 27.0 Å². The first-order valence-corrected chi connectivity index (χ1v) is 16.6. The average molecular weight is 739 g/mol. The molecule has 0 amide bonds. The summed E-state index contributed by atoms with van der Waals surface area (Å²) in [5.74, 6) is -0.463. The van der Waals surface area contributed by atoms with E-state index in [2.05, 4.69) is 73.5 Å². The maximum absolute atomic E-state index is 12.4. The van der Waals surface area contributed by atoms with Gasteiger partial charge in [0.05, 0.1) is 31.4 Å². The fourth-order valence-electron chi connectivity index (χ4n) is 4.15. The highest BCUT2D eigenvalue weighted by molar-refractivity contribution is 7.93. The van der Waals surface area contributed by atoms with Gasteiger partial charge in [-0.1, -0.05) is 0 Å². The second-order valence-corrected chi connectivity index (χ2v) is 13.5. The Kier molecular flexibility index (Phi) is 9.92. The van der Waals surface area contributed by atoms with Crippen LogP contribution < -0.4 is 22.6 Å². The van der Waals surface area contributed by atoms with Gasteiger partial charge in [-0.3, -0.25) is 33.2 Å². The molecule has 5 rings (SSSR count). The third-order valence-corrected chi connectivity index (χ3v) is 10.1. The van der Waals surface area contributed by atoms with E-state index in [1.807, 2.05) is 0 Å². The van der Waals surface area contributed by atoms with E-state index >= 15 is 0 Å². The van der Waals surface area contributed by atoms with Crippen molar-refractivity contribution in [3.63, 3.8) is 0 Å². The molecule has 0 saturated carbocycles. The van der Waals surface area contributed by atoms with E-state index in [0.29, 0.717) is 0 Å². The highest BCUT2D eigenvalue weighted by atomic mass is 32.1. The van der Waals surface area contributed by atoms with Crippen LogP contribution in [0, 0.1) is 0 Å². The van der Waals surface area contributed by atoms with Gasteiger partial charge in [-0.15, -0.1) is 25.3 Å². The summed E-state index contributed by atoms with van der Waals surface area (Å²) in [7, 11) is -10.8. The van der Waals surface area contributed by atoms with Crippen LogP contribution in [0.3, 0.4) is 0 Å². The van der Waals surface area contributed by atoms with Crippen LogP contribution in [0.5, 0.6) is 0 Å². The minimum atomic E-state index is -5.42. The number of hydrogen-bond acceptors (Lipinski definition) is 20. The van der Waals surface area contributed by atoms with Crippen molar-refractivity contribution in [3.05, 3.63) is 43.8 Å². The van der Waals surface area contributed by atoms with Crippen molar-refractivity contribution in [1.29, 1.82) is 0 Å². The number of nitrogens with two attached hydrogens (primary N) is 2. The van der Waals surface area contributed by atoms with Crippen LogP contribution in [0.25, 0.3) is 27.2 Å². The van der Waals surface area contributed by atoms with Gasteiger partial charge in [0.1, 0.15) is 24.4 Å². The molecule has 4 aromatic rings. The van der Waals surface area contributed by atoms with E-state index in [0.717, 1.165) is 17.1 Å². The molecule has 254 valence electrons. The average Bonchev–Trinajstić information content (AvgIpc) is 3.53. The van der Waals surface area contributed by atoms with Crippen molar-refractivity contribution in [2.24, 2.45) is 0 Å². The van der Waals surface area contributed by atoms with Gasteiger partial charge in [-0.05, 0) is 0 Å². The molecule has 2 unspecified atom stereocenters. The van der Waals surface area contributed by atoms with E-state index in [1.54, 1.807) is 0 Å². The molecule has 11 N–H and O–H groups in total. The molecular formula is C20H24N10O13P2S2. The van der Waals surface area contributed by atoms with Crippen molar-refractivity contribution in [2.75, 3.05) is 24.7 Å².